The van der Waals surface area contributed by atoms with Crippen molar-refractivity contribution in [3.05, 3.63) is 32.6 Å². The third-order valence-corrected chi connectivity index (χ3v) is 7.95. The Labute approximate surface area is 197 Å². The Morgan fingerprint density at radius 1 is 1.14 bits per heavy atom. The Morgan fingerprint density at radius 2 is 1.83 bits per heavy atom. The monoisotopic (exact) mass is 558 g/mol. The van der Waals surface area contributed by atoms with Crippen LogP contribution in [0.3, 0.4) is 0 Å². The van der Waals surface area contributed by atoms with Crippen molar-refractivity contribution in [3.63, 3.8) is 0 Å². The number of hydrogen-bond donors (Lipinski definition) is 6. The number of rotatable bonds is 10. The van der Waals surface area contributed by atoms with Crippen molar-refractivity contribution in [1.29, 1.82) is 0 Å². The summed E-state index contributed by atoms with van der Waals surface area (Å²) in [5.41, 5.74) is -1.71. The molecule has 0 spiro atoms. The number of ether oxygens (including phenoxy) is 1. The third kappa shape index (κ3) is 9.60. The molecule has 0 saturated carbocycles. The summed E-state index contributed by atoms with van der Waals surface area (Å²) in [6.07, 6.45) is 3.64. The molecule has 16 nitrogen and oxygen atoms in total. The molecule has 4 unspecified atom stereocenters. The first-order valence-corrected chi connectivity index (χ1v) is 14.0. The minimum atomic E-state index is -5.71. The third-order valence-electron chi connectivity index (χ3n) is 4.15. The molecule has 2 heterocycles. The number of aliphatic hydroxyl groups excluding tert-OH is 1. The minimum Gasteiger partial charge on any atom is -0.390 e. The van der Waals surface area contributed by atoms with Crippen LogP contribution in [0.25, 0.3) is 0 Å². The molecule has 1 aromatic rings. The maximum atomic E-state index is 12.2. The highest BCUT2D eigenvalue weighted by Gasteiger charge is 2.43. The van der Waals surface area contributed by atoms with Gasteiger partial charge in [-0.05, 0) is 6.42 Å². The number of hydrogen-bond acceptors (Lipinski definition) is 10. The molecular weight excluding hydrogens is 537 g/mol. The van der Waals surface area contributed by atoms with Crippen LogP contribution in [0.2, 0.25) is 0 Å². The van der Waals surface area contributed by atoms with Crippen LogP contribution >= 0.6 is 23.5 Å². The minimum absolute atomic E-state index is 0.0693. The van der Waals surface area contributed by atoms with E-state index in [4.69, 9.17) is 25.8 Å². The van der Waals surface area contributed by atoms with Crippen LogP contribution in [-0.4, -0.2) is 53.0 Å². The maximum absolute atomic E-state index is 12.2. The Hall–Kier alpha value is -1.87. The summed E-state index contributed by atoms with van der Waals surface area (Å²) < 4.78 is 51.8. The van der Waals surface area contributed by atoms with Gasteiger partial charge in [-0.15, -0.1) is 12.3 Å². The number of aromatic amines is 1. The van der Waals surface area contributed by atoms with Gasteiger partial charge in [0.25, 0.3) is 5.56 Å². The SMILES string of the molecule is C#CCCCC#Cc1cn(C2CC(O)[C@@H](COP(=O)(O)OP(=O)(O)OP(=O)(O)O)O2)c(=O)[nH]c1=O. The van der Waals surface area contributed by atoms with Crippen LogP contribution in [0.5, 0.6) is 0 Å². The first-order valence-electron chi connectivity index (χ1n) is 9.52. The van der Waals surface area contributed by atoms with E-state index >= 15 is 0 Å². The molecule has 0 amide bonds. The zero-order valence-electron chi connectivity index (χ0n) is 17.6. The second-order valence-corrected chi connectivity index (χ2v) is 11.3. The van der Waals surface area contributed by atoms with Gasteiger partial charge in [0.05, 0.1) is 12.7 Å². The van der Waals surface area contributed by atoms with Gasteiger partial charge in [0.1, 0.15) is 17.9 Å². The lowest BCUT2D eigenvalue weighted by atomic mass is 10.2. The highest BCUT2D eigenvalue weighted by atomic mass is 31.3. The largest absolute Gasteiger partial charge is 0.490 e. The zero-order chi connectivity index (χ0) is 26.4. The lowest BCUT2D eigenvalue weighted by Gasteiger charge is -2.19. The molecule has 19 heteroatoms. The molecule has 0 aromatic carbocycles. The molecule has 1 fully saturated rings. The van der Waals surface area contributed by atoms with Gasteiger partial charge in [-0.3, -0.25) is 18.9 Å². The molecule has 35 heavy (non-hydrogen) atoms. The standard InChI is InChI=1S/C16H21N2O14P3/c1-2-3-4-5-6-7-11-9-18(16(21)17-15(11)20)14-8-12(19)13(30-14)10-29-34(25,26)32-35(27,28)31-33(22,23)24/h1,9,12-14,19H,3-5,8,10H2,(H,25,26)(H,27,28)(H,17,20,21)(H2,22,23,24)/t12?,13-,14?/m1/s1. The number of phosphoric ester groups is 1. The molecule has 1 aromatic heterocycles. The molecule has 1 aliphatic rings. The second-order valence-electron chi connectivity index (χ2n) is 6.89. The zero-order valence-corrected chi connectivity index (χ0v) is 20.3. The lowest BCUT2D eigenvalue weighted by Crippen LogP contribution is -2.33. The van der Waals surface area contributed by atoms with Crippen molar-refractivity contribution in [1.82, 2.24) is 9.55 Å². The molecule has 0 radical (unpaired) electrons. The number of aromatic nitrogens is 2. The summed E-state index contributed by atoms with van der Waals surface area (Å²) in [4.78, 5) is 61.9. The second kappa shape index (κ2) is 11.9. The fraction of sp³-hybridized carbons (Fsp3) is 0.500. The molecule has 1 saturated heterocycles. The first kappa shape index (κ1) is 29.4. The van der Waals surface area contributed by atoms with Crippen LogP contribution in [0.15, 0.2) is 15.8 Å². The number of H-pyrrole nitrogens is 1. The smallest absolute Gasteiger partial charge is 0.390 e. The molecule has 0 aliphatic carbocycles. The Balaban J connectivity index is 2.08. The van der Waals surface area contributed by atoms with E-state index < -0.39 is 59.8 Å². The summed E-state index contributed by atoms with van der Waals surface area (Å²) >= 11 is 0. The van der Waals surface area contributed by atoms with Crippen molar-refractivity contribution in [2.45, 2.75) is 44.1 Å². The summed E-state index contributed by atoms with van der Waals surface area (Å²) in [6.45, 7) is -0.915. The Kier molecular flexibility index (Phi) is 9.99. The predicted molar refractivity (Wildman–Crippen MR) is 115 cm³/mol. The number of unbranched alkanes of at least 4 members (excludes halogenated alkanes) is 2. The van der Waals surface area contributed by atoms with E-state index in [0.717, 1.165) is 10.8 Å². The van der Waals surface area contributed by atoms with Gasteiger partial charge in [0.2, 0.25) is 0 Å². The number of nitrogens with one attached hydrogen (secondary N) is 1. The van der Waals surface area contributed by atoms with Crippen LogP contribution in [0.1, 0.15) is 37.5 Å². The van der Waals surface area contributed by atoms with Crippen molar-refractivity contribution in [3.8, 4) is 24.2 Å². The van der Waals surface area contributed by atoms with Gasteiger partial charge < -0.3 is 29.4 Å². The fourth-order valence-corrected chi connectivity index (χ4v) is 5.76. The van der Waals surface area contributed by atoms with E-state index in [2.05, 4.69) is 30.9 Å². The number of terminal acetylenes is 1. The quantitative estimate of drug-likeness (QED) is 0.123. The topological polar surface area (TPSA) is 244 Å². The Morgan fingerprint density at radius 3 is 2.46 bits per heavy atom. The predicted octanol–water partition coefficient (Wildman–Crippen LogP) is -0.317. The summed E-state index contributed by atoms with van der Waals surface area (Å²) in [6, 6.07) is 0. The van der Waals surface area contributed by atoms with E-state index in [-0.39, 0.29) is 12.0 Å². The van der Waals surface area contributed by atoms with Crippen LogP contribution in [0, 0.1) is 24.2 Å². The molecule has 194 valence electrons. The van der Waals surface area contributed by atoms with Crippen LogP contribution in [0.4, 0.5) is 0 Å². The molecular formula is C16H21N2O14P3. The molecule has 1 aliphatic heterocycles. The highest BCUT2D eigenvalue weighted by molar-refractivity contribution is 7.66. The van der Waals surface area contributed by atoms with Gasteiger partial charge in [-0.1, -0.05) is 11.8 Å². The normalized spacial score (nSPS) is 23.5. The van der Waals surface area contributed by atoms with Crippen molar-refractivity contribution < 1.29 is 56.3 Å². The van der Waals surface area contributed by atoms with E-state index in [1.807, 2.05) is 4.98 Å². The molecule has 6 N–H and O–H groups in total. The number of phosphoric acid groups is 3. The summed E-state index contributed by atoms with van der Waals surface area (Å²) in [5, 5.41) is 10.2. The molecule has 2 rings (SSSR count). The number of aliphatic hydroxyl groups is 1. The van der Waals surface area contributed by atoms with Gasteiger partial charge in [0, 0.05) is 25.5 Å². The average molecular weight is 558 g/mol. The first-order chi connectivity index (χ1) is 16.1. The summed E-state index contributed by atoms with van der Waals surface area (Å²) in [5.74, 6) is 7.78. The van der Waals surface area contributed by atoms with Crippen molar-refractivity contribution >= 4 is 23.5 Å². The van der Waals surface area contributed by atoms with E-state index in [0.29, 0.717) is 19.3 Å². The average Bonchev–Trinajstić information content (AvgIpc) is 3.05. The van der Waals surface area contributed by atoms with Crippen LogP contribution in [-0.2, 0) is 31.6 Å². The maximum Gasteiger partial charge on any atom is 0.490 e. The van der Waals surface area contributed by atoms with Gasteiger partial charge in [-0.25, -0.2) is 18.5 Å². The van der Waals surface area contributed by atoms with E-state index in [1.165, 1.54) is 0 Å². The number of nitrogens with zero attached hydrogens (tertiary/aromatic N) is 1. The Bertz CT molecular complexity index is 1280. The van der Waals surface area contributed by atoms with Crippen molar-refractivity contribution in [2.75, 3.05) is 6.61 Å². The van der Waals surface area contributed by atoms with Crippen LogP contribution < -0.4 is 11.2 Å². The van der Waals surface area contributed by atoms with Gasteiger partial charge in [0.15, 0.2) is 0 Å². The van der Waals surface area contributed by atoms with Gasteiger partial charge in [-0.2, -0.15) is 8.62 Å². The molecule has 5 atom stereocenters. The highest BCUT2D eigenvalue weighted by Crippen LogP contribution is 2.66. The van der Waals surface area contributed by atoms with E-state index in [1.54, 1.807) is 0 Å². The fourth-order valence-electron chi connectivity index (χ4n) is 2.73. The summed E-state index contributed by atoms with van der Waals surface area (Å²) in [7, 11) is -16.7. The molecule has 0 bridgehead atoms. The van der Waals surface area contributed by atoms with Gasteiger partial charge >= 0.3 is 29.2 Å². The lowest BCUT2D eigenvalue weighted by molar-refractivity contribution is -0.0450. The van der Waals surface area contributed by atoms with Crippen molar-refractivity contribution in [2.24, 2.45) is 0 Å². The van der Waals surface area contributed by atoms with E-state index in [9.17, 15) is 33.3 Å².